The van der Waals surface area contributed by atoms with Gasteiger partial charge in [0.05, 0.1) is 0 Å². The van der Waals surface area contributed by atoms with Crippen molar-refractivity contribution in [3.8, 4) is 0 Å². The van der Waals surface area contributed by atoms with E-state index in [0.29, 0.717) is 5.92 Å². The van der Waals surface area contributed by atoms with Gasteiger partial charge in [0.1, 0.15) is 5.65 Å². The highest BCUT2D eigenvalue weighted by molar-refractivity contribution is 5.40. The third kappa shape index (κ3) is 1.32. The summed E-state index contributed by atoms with van der Waals surface area (Å²) in [5, 5.41) is 0. The van der Waals surface area contributed by atoms with Crippen LogP contribution in [0.5, 0.6) is 0 Å². The zero-order valence-corrected chi connectivity index (χ0v) is 8.07. The van der Waals surface area contributed by atoms with Crippen molar-refractivity contribution in [1.29, 1.82) is 0 Å². The molecular weight excluding hydrogens is 160 g/mol. The summed E-state index contributed by atoms with van der Waals surface area (Å²) < 4.78 is 2.16. The Bertz CT molecular complexity index is 403. The van der Waals surface area contributed by atoms with Gasteiger partial charge in [-0.2, -0.15) is 0 Å². The van der Waals surface area contributed by atoms with Gasteiger partial charge in [-0.1, -0.05) is 19.9 Å². The van der Waals surface area contributed by atoms with Gasteiger partial charge in [-0.3, -0.25) is 0 Å². The maximum absolute atomic E-state index is 4.26. The predicted molar refractivity (Wildman–Crippen MR) is 53.9 cm³/mol. The second kappa shape index (κ2) is 3.21. The molecule has 0 saturated heterocycles. The quantitative estimate of drug-likeness (QED) is 0.684. The van der Waals surface area contributed by atoms with Crippen LogP contribution in [-0.4, -0.2) is 9.38 Å². The molecule has 0 fully saturated rings. The highest BCUT2D eigenvalue weighted by Crippen LogP contribution is 2.19. The molecule has 1 unspecified atom stereocenters. The second-order valence-corrected chi connectivity index (χ2v) is 3.42. The highest BCUT2D eigenvalue weighted by Gasteiger charge is 2.06. The normalized spacial score (nSPS) is 13.4. The summed E-state index contributed by atoms with van der Waals surface area (Å²) in [7, 11) is 0. The molecule has 2 aromatic heterocycles. The number of pyridine rings is 1. The smallest absolute Gasteiger partial charge is 0.136 e. The molecule has 0 saturated carbocycles. The van der Waals surface area contributed by atoms with Crippen molar-refractivity contribution < 1.29 is 0 Å². The standard InChI is InChI=1S/C11H14N2/c1-3-9(2)10-5-4-6-11-12-7-8-13(10)11/h4-9H,3H2,1-2H3. The minimum absolute atomic E-state index is 0.595. The van der Waals surface area contributed by atoms with Crippen molar-refractivity contribution >= 4 is 5.65 Å². The molecule has 2 heterocycles. The molecule has 0 amide bonds. The van der Waals surface area contributed by atoms with E-state index in [1.165, 1.54) is 5.69 Å². The maximum atomic E-state index is 4.26. The van der Waals surface area contributed by atoms with Crippen LogP contribution in [0.1, 0.15) is 31.9 Å². The third-order valence-electron chi connectivity index (χ3n) is 2.58. The van der Waals surface area contributed by atoms with Crippen LogP contribution >= 0.6 is 0 Å². The molecule has 2 rings (SSSR count). The first-order valence-corrected chi connectivity index (χ1v) is 4.75. The molecule has 0 radical (unpaired) electrons. The summed E-state index contributed by atoms with van der Waals surface area (Å²) in [4.78, 5) is 4.26. The van der Waals surface area contributed by atoms with E-state index >= 15 is 0 Å². The van der Waals surface area contributed by atoms with Gasteiger partial charge in [0.2, 0.25) is 0 Å². The molecular formula is C11H14N2. The summed E-state index contributed by atoms with van der Waals surface area (Å²) in [5.41, 5.74) is 2.38. The molecule has 0 bridgehead atoms. The van der Waals surface area contributed by atoms with Crippen LogP contribution in [-0.2, 0) is 0 Å². The monoisotopic (exact) mass is 174 g/mol. The van der Waals surface area contributed by atoms with Crippen molar-refractivity contribution in [3.05, 3.63) is 36.3 Å². The van der Waals surface area contributed by atoms with E-state index in [2.05, 4.69) is 35.4 Å². The van der Waals surface area contributed by atoms with Gasteiger partial charge in [-0.15, -0.1) is 0 Å². The Morgan fingerprint density at radius 1 is 1.46 bits per heavy atom. The molecule has 0 aliphatic carbocycles. The average Bonchev–Trinajstić information content (AvgIpc) is 2.63. The summed E-state index contributed by atoms with van der Waals surface area (Å²) in [5.74, 6) is 0.595. The molecule has 13 heavy (non-hydrogen) atoms. The van der Waals surface area contributed by atoms with Gasteiger partial charge in [0, 0.05) is 18.1 Å². The number of nitrogens with zero attached hydrogens (tertiary/aromatic N) is 2. The van der Waals surface area contributed by atoms with Gasteiger partial charge in [0.25, 0.3) is 0 Å². The molecule has 2 aromatic rings. The van der Waals surface area contributed by atoms with Crippen LogP contribution in [0.4, 0.5) is 0 Å². The fraction of sp³-hybridized carbons (Fsp3) is 0.364. The molecule has 0 aliphatic heterocycles. The summed E-state index contributed by atoms with van der Waals surface area (Å²) in [6.07, 6.45) is 5.04. The Kier molecular flexibility index (Phi) is 2.05. The first-order chi connectivity index (χ1) is 6.33. The number of imidazole rings is 1. The molecule has 0 N–H and O–H groups in total. The first kappa shape index (κ1) is 8.30. The average molecular weight is 174 g/mol. The van der Waals surface area contributed by atoms with Crippen molar-refractivity contribution in [2.75, 3.05) is 0 Å². The largest absolute Gasteiger partial charge is 0.304 e. The maximum Gasteiger partial charge on any atom is 0.136 e. The lowest BCUT2D eigenvalue weighted by molar-refractivity contribution is 0.697. The predicted octanol–water partition coefficient (Wildman–Crippen LogP) is 2.85. The molecule has 1 atom stereocenters. The molecule has 0 aliphatic rings. The van der Waals surface area contributed by atoms with Crippen LogP contribution in [0.15, 0.2) is 30.6 Å². The fourth-order valence-electron chi connectivity index (χ4n) is 1.58. The van der Waals surface area contributed by atoms with Crippen molar-refractivity contribution in [2.24, 2.45) is 0 Å². The van der Waals surface area contributed by atoms with Crippen LogP contribution in [0, 0.1) is 0 Å². The number of hydrogen-bond donors (Lipinski definition) is 0. The van der Waals surface area contributed by atoms with Gasteiger partial charge >= 0.3 is 0 Å². The van der Waals surface area contributed by atoms with Crippen LogP contribution in [0.25, 0.3) is 5.65 Å². The minimum Gasteiger partial charge on any atom is -0.304 e. The summed E-state index contributed by atoms with van der Waals surface area (Å²) >= 11 is 0. The molecule has 68 valence electrons. The fourth-order valence-corrected chi connectivity index (χ4v) is 1.58. The Morgan fingerprint density at radius 2 is 2.31 bits per heavy atom. The molecule has 2 heteroatoms. The Hall–Kier alpha value is -1.31. The Balaban J connectivity index is 2.60. The number of hydrogen-bond acceptors (Lipinski definition) is 1. The summed E-state index contributed by atoms with van der Waals surface area (Å²) in [6, 6.07) is 6.28. The Labute approximate surface area is 78.2 Å². The van der Waals surface area contributed by atoms with Crippen molar-refractivity contribution in [3.63, 3.8) is 0 Å². The zero-order chi connectivity index (χ0) is 9.26. The SMILES string of the molecule is CCC(C)c1cccc2nccn12. The zero-order valence-electron chi connectivity index (χ0n) is 8.07. The number of rotatable bonds is 2. The van der Waals surface area contributed by atoms with E-state index in [1.807, 2.05) is 18.5 Å². The number of aromatic nitrogens is 2. The highest BCUT2D eigenvalue weighted by atomic mass is 15.0. The van der Waals surface area contributed by atoms with Crippen LogP contribution in [0.2, 0.25) is 0 Å². The lowest BCUT2D eigenvalue weighted by Crippen LogP contribution is -1.99. The Morgan fingerprint density at radius 3 is 3.08 bits per heavy atom. The van der Waals surface area contributed by atoms with Gasteiger partial charge in [-0.05, 0) is 24.5 Å². The van der Waals surface area contributed by atoms with Crippen molar-refractivity contribution in [2.45, 2.75) is 26.2 Å². The van der Waals surface area contributed by atoms with Crippen LogP contribution in [0.3, 0.4) is 0 Å². The summed E-state index contributed by atoms with van der Waals surface area (Å²) in [6.45, 7) is 4.45. The number of fused-ring (bicyclic) bond motifs is 1. The van der Waals surface area contributed by atoms with E-state index in [-0.39, 0.29) is 0 Å². The van der Waals surface area contributed by atoms with E-state index in [9.17, 15) is 0 Å². The third-order valence-corrected chi connectivity index (χ3v) is 2.58. The van der Waals surface area contributed by atoms with Gasteiger partial charge in [0.15, 0.2) is 0 Å². The van der Waals surface area contributed by atoms with E-state index < -0.39 is 0 Å². The minimum atomic E-state index is 0.595. The topological polar surface area (TPSA) is 17.3 Å². The van der Waals surface area contributed by atoms with Gasteiger partial charge in [-0.25, -0.2) is 4.98 Å². The van der Waals surface area contributed by atoms with Crippen LogP contribution < -0.4 is 0 Å². The first-order valence-electron chi connectivity index (χ1n) is 4.75. The van der Waals surface area contributed by atoms with Gasteiger partial charge < -0.3 is 4.40 Å². The molecule has 0 spiro atoms. The van der Waals surface area contributed by atoms with Crippen molar-refractivity contribution in [1.82, 2.24) is 9.38 Å². The second-order valence-electron chi connectivity index (χ2n) is 3.42. The van der Waals surface area contributed by atoms with E-state index in [4.69, 9.17) is 0 Å². The molecule has 2 nitrogen and oxygen atoms in total. The lowest BCUT2D eigenvalue weighted by Gasteiger charge is -2.10. The molecule has 0 aromatic carbocycles. The lowest BCUT2D eigenvalue weighted by atomic mass is 10.0. The van der Waals surface area contributed by atoms with E-state index in [0.717, 1.165) is 12.1 Å². The van der Waals surface area contributed by atoms with E-state index in [1.54, 1.807) is 0 Å².